The molecule has 2 atom stereocenters. The topological polar surface area (TPSA) is 74.6 Å². The summed E-state index contributed by atoms with van der Waals surface area (Å²) < 4.78 is 0. The number of hydrogen-bond donors (Lipinski definition) is 2. The first-order valence-corrected chi connectivity index (χ1v) is 17.6. The molecule has 0 rings (SSSR count). The van der Waals surface area contributed by atoms with Crippen molar-refractivity contribution < 1.29 is 19.8 Å². The summed E-state index contributed by atoms with van der Waals surface area (Å²) in [7, 11) is 2.53. The van der Waals surface area contributed by atoms with Crippen molar-refractivity contribution in [1.29, 1.82) is 0 Å². The van der Waals surface area contributed by atoms with Crippen LogP contribution in [-0.4, -0.2) is 32.7 Å². The second-order valence-electron chi connectivity index (χ2n) is 10.5. The van der Waals surface area contributed by atoms with E-state index in [0.29, 0.717) is 12.8 Å². The van der Waals surface area contributed by atoms with Gasteiger partial charge in [0.2, 0.25) is 0 Å². The standard InChI is InChI=1S/C30H58O4S2/c1-3-5-7-9-11-13-15-17-19-21-23-25-27(29(31)32)35-36-28(30(33)34)26-24-22-20-18-16-14-12-10-8-6-4-2/h27-28H,3-26H2,1-2H3,(H,31,32)(H,33,34). The molecule has 36 heavy (non-hydrogen) atoms. The number of carboxylic acid groups (broad SMARTS) is 2. The average Bonchev–Trinajstić information content (AvgIpc) is 2.85. The molecular weight excluding hydrogens is 488 g/mol. The summed E-state index contributed by atoms with van der Waals surface area (Å²) in [5, 5.41) is 18.1. The van der Waals surface area contributed by atoms with Gasteiger partial charge in [-0.15, -0.1) is 0 Å². The molecule has 0 aliphatic carbocycles. The fourth-order valence-electron chi connectivity index (χ4n) is 4.55. The minimum absolute atomic E-state index is 0.507. The normalized spacial score (nSPS) is 13.1. The molecule has 0 aromatic carbocycles. The van der Waals surface area contributed by atoms with Crippen LogP contribution < -0.4 is 0 Å². The van der Waals surface area contributed by atoms with Crippen LogP contribution in [0.15, 0.2) is 0 Å². The van der Waals surface area contributed by atoms with Gasteiger partial charge in [0.25, 0.3) is 0 Å². The van der Waals surface area contributed by atoms with Crippen LogP contribution >= 0.6 is 21.6 Å². The Hall–Kier alpha value is -0.360. The van der Waals surface area contributed by atoms with Gasteiger partial charge in [-0.05, 0) is 12.8 Å². The Balaban J connectivity index is 3.85. The molecular formula is C30H58O4S2. The van der Waals surface area contributed by atoms with Crippen LogP contribution in [0, 0.1) is 0 Å². The van der Waals surface area contributed by atoms with Crippen molar-refractivity contribution in [3.05, 3.63) is 0 Å². The zero-order valence-corrected chi connectivity index (χ0v) is 25.3. The molecule has 0 saturated carbocycles. The molecule has 6 heteroatoms. The van der Waals surface area contributed by atoms with Crippen LogP contribution in [0.25, 0.3) is 0 Å². The number of aliphatic carboxylic acids is 2. The van der Waals surface area contributed by atoms with Crippen LogP contribution in [0.4, 0.5) is 0 Å². The summed E-state index contributed by atoms with van der Waals surface area (Å²) in [6.07, 6.45) is 28.8. The van der Waals surface area contributed by atoms with E-state index in [1.165, 1.54) is 137 Å². The van der Waals surface area contributed by atoms with Gasteiger partial charge >= 0.3 is 11.9 Å². The quantitative estimate of drug-likeness (QED) is 0.0717. The van der Waals surface area contributed by atoms with E-state index in [4.69, 9.17) is 0 Å². The van der Waals surface area contributed by atoms with Gasteiger partial charge in [-0.2, -0.15) is 0 Å². The third-order valence-corrected chi connectivity index (χ3v) is 10.2. The fraction of sp³-hybridized carbons (Fsp3) is 0.933. The van der Waals surface area contributed by atoms with Crippen LogP contribution in [0.3, 0.4) is 0 Å². The molecule has 214 valence electrons. The molecule has 0 aliphatic rings. The molecule has 0 spiro atoms. The first kappa shape index (κ1) is 35.6. The second-order valence-corrected chi connectivity index (χ2v) is 13.2. The maximum absolute atomic E-state index is 11.7. The van der Waals surface area contributed by atoms with E-state index in [-0.39, 0.29) is 0 Å². The van der Waals surface area contributed by atoms with Crippen molar-refractivity contribution in [2.75, 3.05) is 0 Å². The van der Waals surface area contributed by atoms with Crippen LogP contribution in [0.1, 0.15) is 168 Å². The van der Waals surface area contributed by atoms with E-state index in [1.54, 1.807) is 0 Å². The molecule has 0 heterocycles. The van der Waals surface area contributed by atoms with E-state index in [9.17, 15) is 19.8 Å². The summed E-state index contributed by atoms with van der Waals surface area (Å²) >= 11 is 0. The first-order valence-electron chi connectivity index (χ1n) is 15.3. The maximum atomic E-state index is 11.7. The molecule has 0 saturated heterocycles. The molecule has 0 fully saturated rings. The highest BCUT2D eigenvalue weighted by molar-refractivity contribution is 8.77. The maximum Gasteiger partial charge on any atom is 0.317 e. The number of carbonyl (C=O) groups is 2. The molecule has 0 amide bonds. The molecule has 2 unspecified atom stereocenters. The summed E-state index contributed by atoms with van der Waals surface area (Å²) in [5.41, 5.74) is 0. The molecule has 0 aliphatic heterocycles. The smallest absolute Gasteiger partial charge is 0.317 e. The fourth-order valence-corrected chi connectivity index (χ4v) is 7.38. The Morgan fingerprint density at radius 1 is 0.444 bits per heavy atom. The average molecular weight is 547 g/mol. The van der Waals surface area contributed by atoms with Gasteiger partial charge in [0.15, 0.2) is 0 Å². The van der Waals surface area contributed by atoms with Crippen molar-refractivity contribution >= 4 is 33.5 Å². The Kier molecular flexibility index (Phi) is 27.4. The van der Waals surface area contributed by atoms with Gasteiger partial charge in [0, 0.05) is 0 Å². The Bertz CT molecular complexity index is 457. The third-order valence-electron chi connectivity index (χ3n) is 6.98. The molecule has 2 N–H and O–H groups in total. The summed E-state index contributed by atoms with van der Waals surface area (Å²) in [6, 6.07) is 0. The van der Waals surface area contributed by atoms with Gasteiger partial charge < -0.3 is 10.2 Å². The van der Waals surface area contributed by atoms with Gasteiger partial charge in [-0.3, -0.25) is 9.59 Å². The summed E-state index contributed by atoms with van der Waals surface area (Å²) in [6.45, 7) is 4.49. The van der Waals surface area contributed by atoms with Crippen LogP contribution in [0.5, 0.6) is 0 Å². The lowest BCUT2D eigenvalue weighted by molar-refractivity contribution is -0.137. The molecule has 0 radical (unpaired) electrons. The molecule has 0 aromatic rings. The molecule has 0 aromatic heterocycles. The lowest BCUT2D eigenvalue weighted by atomic mass is 10.0. The molecule has 4 nitrogen and oxygen atoms in total. The van der Waals surface area contributed by atoms with Crippen molar-refractivity contribution in [2.24, 2.45) is 0 Å². The zero-order valence-electron chi connectivity index (χ0n) is 23.7. The number of unbranched alkanes of at least 4 members (excludes halogenated alkanes) is 20. The van der Waals surface area contributed by atoms with Crippen LogP contribution in [0.2, 0.25) is 0 Å². The number of hydrogen-bond acceptors (Lipinski definition) is 4. The Morgan fingerprint density at radius 3 is 0.889 bits per heavy atom. The number of rotatable bonds is 29. The minimum Gasteiger partial charge on any atom is -0.480 e. The van der Waals surface area contributed by atoms with Crippen molar-refractivity contribution in [2.45, 2.75) is 178 Å². The lowest BCUT2D eigenvalue weighted by Crippen LogP contribution is -2.19. The second kappa shape index (κ2) is 27.7. The lowest BCUT2D eigenvalue weighted by Gasteiger charge is -2.15. The van der Waals surface area contributed by atoms with Crippen molar-refractivity contribution in [3.63, 3.8) is 0 Å². The van der Waals surface area contributed by atoms with Crippen molar-refractivity contribution in [3.8, 4) is 0 Å². The van der Waals surface area contributed by atoms with Crippen molar-refractivity contribution in [1.82, 2.24) is 0 Å². The van der Waals surface area contributed by atoms with Gasteiger partial charge in [-0.25, -0.2) is 0 Å². The number of carboxylic acids is 2. The molecule has 0 bridgehead atoms. The van der Waals surface area contributed by atoms with Gasteiger partial charge in [0.1, 0.15) is 10.5 Å². The van der Waals surface area contributed by atoms with E-state index in [2.05, 4.69) is 13.8 Å². The van der Waals surface area contributed by atoms with E-state index >= 15 is 0 Å². The summed E-state index contributed by atoms with van der Waals surface area (Å²) in [5.74, 6) is -1.61. The Morgan fingerprint density at radius 2 is 0.667 bits per heavy atom. The summed E-state index contributed by atoms with van der Waals surface area (Å²) in [4.78, 5) is 23.3. The highest BCUT2D eigenvalue weighted by atomic mass is 33.1. The van der Waals surface area contributed by atoms with Gasteiger partial charge in [0.05, 0.1) is 0 Å². The largest absolute Gasteiger partial charge is 0.480 e. The SMILES string of the molecule is CCCCCCCCCCCCCC(SSC(CCCCCCCCCCCCC)C(=O)O)C(=O)O. The monoisotopic (exact) mass is 546 g/mol. The van der Waals surface area contributed by atoms with Gasteiger partial charge in [-0.1, -0.05) is 177 Å². The van der Waals surface area contributed by atoms with E-state index in [0.717, 1.165) is 25.7 Å². The van der Waals surface area contributed by atoms with E-state index < -0.39 is 22.4 Å². The highest BCUT2D eigenvalue weighted by Gasteiger charge is 2.24. The zero-order chi connectivity index (χ0) is 26.7. The Labute approximate surface area is 231 Å². The highest BCUT2D eigenvalue weighted by Crippen LogP contribution is 2.36. The predicted octanol–water partition coefficient (Wildman–Crippen LogP) is 10.7. The minimum atomic E-state index is -0.807. The predicted molar refractivity (Wildman–Crippen MR) is 160 cm³/mol. The van der Waals surface area contributed by atoms with Crippen LogP contribution in [-0.2, 0) is 9.59 Å². The first-order chi connectivity index (χ1) is 17.5. The third kappa shape index (κ3) is 24.0. The van der Waals surface area contributed by atoms with E-state index in [1.807, 2.05) is 0 Å².